The minimum absolute atomic E-state index is 0.113. The molecular formula is C16H21N7O2S. The molecule has 1 atom stereocenters. The Morgan fingerprint density at radius 2 is 2.31 bits per heavy atom. The molecule has 1 aliphatic heterocycles. The Morgan fingerprint density at radius 3 is 2.92 bits per heavy atom. The lowest BCUT2D eigenvalue weighted by atomic mass is 10.2. The highest BCUT2D eigenvalue weighted by atomic mass is 32.2. The van der Waals surface area contributed by atoms with Crippen molar-refractivity contribution in [2.45, 2.75) is 44.5 Å². The van der Waals surface area contributed by atoms with Gasteiger partial charge >= 0.3 is 0 Å². The molecule has 0 unspecified atom stereocenters. The van der Waals surface area contributed by atoms with Crippen molar-refractivity contribution in [3.05, 3.63) is 16.8 Å². The fourth-order valence-corrected chi connectivity index (χ4v) is 3.64. The van der Waals surface area contributed by atoms with Crippen molar-refractivity contribution in [3.63, 3.8) is 0 Å². The molecule has 0 saturated carbocycles. The fraction of sp³-hybridized carbons (Fsp3) is 0.562. The summed E-state index contributed by atoms with van der Waals surface area (Å²) in [6, 6.07) is 2.21. The SMILES string of the molecule is Cc1c(C#N)c(NC(=O)CSc2nnnn2C)n(C[C@H]2CCCO2)c1C. The summed E-state index contributed by atoms with van der Waals surface area (Å²) < 4.78 is 9.21. The van der Waals surface area contributed by atoms with E-state index in [1.165, 1.54) is 16.4 Å². The molecule has 1 saturated heterocycles. The van der Waals surface area contributed by atoms with Crippen LogP contribution in [-0.4, -0.2) is 49.1 Å². The van der Waals surface area contributed by atoms with Crippen LogP contribution < -0.4 is 5.32 Å². The van der Waals surface area contributed by atoms with Crippen molar-refractivity contribution in [1.29, 1.82) is 5.26 Å². The molecule has 138 valence electrons. The fourth-order valence-electron chi connectivity index (χ4n) is 2.99. The summed E-state index contributed by atoms with van der Waals surface area (Å²) in [7, 11) is 1.72. The lowest BCUT2D eigenvalue weighted by molar-refractivity contribution is -0.113. The third-order valence-corrected chi connectivity index (χ3v) is 5.53. The number of hydrogen-bond donors (Lipinski definition) is 1. The van der Waals surface area contributed by atoms with Crippen LogP contribution in [0.5, 0.6) is 0 Å². The zero-order valence-electron chi connectivity index (χ0n) is 15.0. The molecule has 0 aromatic carbocycles. The summed E-state index contributed by atoms with van der Waals surface area (Å²) in [5.74, 6) is 0.489. The average molecular weight is 375 g/mol. The van der Waals surface area contributed by atoms with Crippen LogP contribution in [0.2, 0.25) is 0 Å². The van der Waals surface area contributed by atoms with Gasteiger partial charge in [0.05, 0.1) is 24.0 Å². The van der Waals surface area contributed by atoms with Gasteiger partial charge in [0, 0.05) is 19.3 Å². The first kappa shape index (κ1) is 18.4. The van der Waals surface area contributed by atoms with E-state index in [1.807, 2.05) is 18.4 Å². The van der Waals surface area contributed by atoms with Gasteiger partial charge in [-0.2, -0.15) is 5.26 Å². The quantitative estimate of drug-likeness (QED) is 0.760. The summed E-state index contributed by atoms with van der Waals surface area (Å²) in [6.07, 6.45) is 2.14. The Bertz CT molecular complexity index is 846. The third-order valence-electron chi connectivity index (χ3n) is 4.52. The number of aromatic nitrogens is 5. The molecule has 3 rings (SSSR count). The van der Waals surface area contributed by atoms with E-state index in [2.05, 4.69) is 26.9 Å². The zero-order valence-corrected chi connectivity index (χ0v) is 15.8. The molecule has 0 bridgehead atoms. The van der Waals surface area contributed by atoms with E-state index in [0.717, 1.165) is 30.7 Å². The molecule has 1 N–H and O–H groups in total. The summed E-state index contributed by atoms with van der Waals surface area (Å²) in [6.45, 7) is 5.25. The average Bonchev–Trinajstić information content (AvgIpc) is 3.32. The van der Waals surface area contributed by atoms with Gasteiger partial charge in [-0.3, -0.25) is 4.79 Å². The number of nitrogens with zero attached hydrogens (tertiary/aromatic N) is 6. The van der Waals surface area contributed by atoms with Crippen LogP contribution in [0.1, 0.15) is 29.7 Å². The molecule has 26 heavy (non-hydrogen) atoms. The smallest absolute Gasteiger partial charge is 0.235 e. The van der Waals surface area contributed by atoms with Crippen molar-refractivity contribution < 1.29 is 9.53 Å². The number of anilines is 1. The van der Waals surface area contributed by atoms with Crippen molar-refractivity contribution in [1.82, 2.24) is 24.8 Å². The van der Waals surface area contributed by atoms with Gasteiger partial charge in [0.15, 0.2) is 0 Å². The summed E-state index contributed by atoms with van der Waals surface area (Å²) >= 11 is 1.24. The number of carbonyl (C=O) groups is 1. The second-order valence-electron chi connectivity index (χ2n) is 6.21. The lowest BCUT2D eigenvalue weighted by Gasteiger charge is -2.16. The van der Waals surface area contributed by atoms with Crippen LogP contribution in [0.15, 0.2) is 5.16 Å². The molecule has 3 heterocycles. The van der Waals surface area contributed by atoms with E-state index in [0.29, 0.717) is 23.1 Å². The van der Waals surface area contributed by atoms with Crippen LogP contribution in [0.4, 0.5) is 5.82 Å². The van der Waals surface area contributed by atoms with Gasteiger partial charge in [-0.25, -0.2) is 4.68 Å². The van der Waals surface area contributed by atoms with E-state index in [-0.39, 0.29) is 17.8 Å². The van der Waals surface area contributed by atoms with Gasteiger partial charge in [0.2, 0.25) is 11.1 Å². The van der Waals surface area contributed by atoms with Crippen molar-refractivity contribution in [2.24, 2.45) is 7.05 Å². The Kier molecular flexibility index (Phi) is 5.58. The molecule has 0 radical (unpaired) electrons. The molecule has 1 amide bonds. The molecule has 9 nitrogen and oxygen atoms in total. The number of carbonyl (C=O) groups excluding carboxylic acids is 1. The number of aryl methyl sites for hydroxylation is 1. The van der Waals surface area contributed by atoms with E-state index >= 15 is 0 Å². The van der Waals surface area contributed by atoms with Crippen LogP contribution in [-0.2, 0) is 23.1 Å². The number of nitrogens with one attached hydrogen (secondary N) is 1. The lowest BCUT2D eigenvalue weighted by Crippen LogP contribution is -2.22. The van der Waals surface area contributed by atoms with Gasteiger partial charge < -0.3 is 14.6 Å². The van der Waals surface area contributed by atoms with Crippen molar-refractivity contribution >= 4 is 23.5 Å². The number of amides is 1. The first-order valence-corrected chi connectivity index (χ1v) is 9.36. The maximum absolute atomic E-state index is 12.4. The number of tetrazole rings is 1. The van der Waals surface area contributed by atoms with E-state index in [1.54, 1.807) is 7.05 Å². The second-order valence-corrected chi connectivity index (χ2v) is 7.16. The maximum atomic E-state index is 12.4. The highest BCUT2D eigenvalue weighted by Crippen LogP contribution is 2.28. The van der Waals surface area contributed by atoms with Gasteiger partial charge in [-0.15, -0.1) is 5.10 Å². The van der Waals surface area contributed by atoms with Gasteiger partial charge in [-0.1, -0.05) is 11.8 Å². The highest BCUT2D eigenvalue weighted by molar-refractivity contribution is 7.99. The monoisotopic (exact) mass is 375 g/mol. The van der Waals surface area contributed by atoms with Gasteiger partial charge in [0.1, 0.15) is 11.9 Å². The summed E-state index contributed by atoms with van der Waals surface area (Å²) in [4.78, 5) is 12.4. The van der Waals surface area contributed by atoms with Gasteiger partial charge in [0.25, 0.3) is 0 Å². The van der Waals surface area contributed by atoms with Crippen LogP contribution >= 0.6 is 11.8 Å². The number of rotatable bonds is 6. The van der Waals surface area contributed by atoms with Crippen LogP contribution in [0.3, 0.4) is 0 Å². The van der Waals surface area contributed by atoms with Crippen molar-refractivity contribution in [3.8, 4) is 6.07 Å². The largest absolute Gasteiger partial charge is 0.376 e. The predicted molar refractivity (Wildman–Crippen MR) is 95.7 cm³/mol. The summed E-state index contributed by atoms with van der Waals surface area (Å²) in [5.41, 5.74) is 2.35. The number of hydrogen-bond acceptors (Lipinski definition) is 7. The van der Waals surface area contributed by atoms with E-state index in [9.17, 15) is 10.1 Å². The standard InChI is InChI=1S/C16H21N7O2S/c1-10-11(2)23(8-12-5-4-6-25-12)15(13(10)7-17)18-14(24)9-26-16-19-20-21-22(16)3/h12H,4-6,8-9H2,1-3H3,(H,18,24)/t12-/m1/s1. The number of ether oxygens (including phenoxy) is 1. The van der Waals surface area contributed by atoms with Crippen molar-refractivity contribution in [2.75, 3.05) is 17.7 Å². The minimum Gasteiger partial charge on any atom is -0.376 e. The minimum atomic E-state index is -0.208. The Morgan fingerprint density at radius 1 is 1.50 bits per heavy atom. The molecule has 1 aliphatic rings. The Hall–Kier alpha value is -2.38. The topological polar surface area (TPSA) is 111 Å². The first-order chi connectivity index (χ1) is 12.5. The second kappa shape index (κ2) is 7.88. The molecule has 0 aliphatic carbocycles. The van der Waals surface area contributed by atoms with Gasteiger partial charge in [-0.05, 0) is 42.7 Å². The molecular weight excluding hydrogens is 354 g/mol. The summed E-state index contributed by atoms with van der Waals surface area (Å²) in [5, 5.41) is 24.1. The highest BCUT2D eigenvalue weighted by Gasteiger charge is 2.24. The predicted octanol–water partition coefficient (Wildman–Crippen LogP) is 1.41. The Balaban J connectivity index is 1.76. The van der Waals surface area contributed by atoms with Crippen LogP contribution in [0, 0.1) is 25.2 Å². The molecule has 1 fully saturated rings. The number of thioether (sulfide) groups is 1. The third kappa shape index (κ3) is 3.73. The maximum Gasteiger partial charge on any atom is 0.235 e. The number of nitriles is 1. The normalized spacial score (nSPS) is 16.6. The first-order valence-electron chi connectivity index (χ1n) is 8.37. The zero-order chi connectivity index (χ0) is 18.7. The van der Waals surface area contributed by atoms with E-state index < -0.39 is 0 Å². The Labute approximate surface area is 155 Å². The molecule has 2 aromatic heterocycles. The van der Waals surface area contributed by atoms with Crippen LogP contribution in [0.25, 0.3) is 0 Å². The van der Waals surface area contributed by atoms with E-state index in [4.69, 9.17) is 4.74 Å². The molecule has 2 aromatic rings. The molecule has 0 spiro atoms. The molecule has 10 heteroatoms.